The van der Waals surface area contributed by atoms with Crippen LogP contribution in [0.25, 0.3) is 0 Å². The second kappa shape index (κ2) is 17.7. The van der Waals surface area contributed by atoms with Gasteiger partial charge >= 0.3 is 0 Å². The van der Waals surface area contributed by atoms with Crippen molar-refractivity contribution >= 4 is 30.4 Å². The molecule has 18 nitrogen and oxygen atoms in total. The predicted octanol–water partition coefficient (Wildman–Crippen LogP) is -3.86. The van der Waals surface area contributed by atoms with Crippen LogP contribution in [-0.2, 0) is 18.3 Å². The van der Waals surface area contributed by atoms with E-state index in [4.69, 9.17) is 0 Å². The van der Waals surface area contributed by atoms with Crippen molar-refractivity contribution in [3.63, 3.8) is 0 Å². The Bertz CT molecular complexity index is 559. The molecule has 0 unspecified atom stereocenters. The molecule has 0 aliphatic rings. The van der Waals surface area contributed by atoms with Gasteiger partial charge in [-0.2, -0.15) is 0 Å². The van der Waals surface area contributed by atoms with E-state index < -0.39 is 55.5 Å². The zero-order valence-electron chi connectivity index (χ0n) is 18.7. The van der Waals surface area contributed by atoms with E-state index in [0.29, 0.717) is 22.6 Å². The maximum Gasteiger partial charge on any atom is 0.0264 e. The molecule has 0 aliphatic carbocycles. The third kappa shape index (κ3) is 30.4. The van der Waals surface area contributed by atoms with E-state index >= 15 is 0 Å². The fourth-order valence-electron chi connectivity index (χ4n) is 2.38. The van der Waals surface area contributed by atoms with Crippen molar-refractivity contribution in [1.82, 2.24) is 34.4 Å². The maximum absolute atomic E-state index is 10.7. The van der Waals surface area contributed by atoms with E-state index in [0.717, 1.165) is 0 Å². The Balaban J connectivity index is -0.000000607. The molecule has 202 valence electrons. The zero-order valence-corrected chi connectivity index (χ0v) is 22.2. The lowest BCUT2D eigenvalue weighted by Gasteiger charge is -2.41. The summed E-state index contributed by atoms with van der Waals surface area (Å²) in [5.74, 6) is 0. The highest BCUT2D eigenvalue weighted by Crippen LogP contribution is 2.32. The van der Waals surface area contributed by atoms with Crippen molar-refractivity contribution in [2.45, 2.75) is 25.7 Å². The van der Waals surface area contributed by atoms with Crippen molar-refractivity contribution in [2.24, 2.45) is 0 Å². The molecular weight excluding hydrogens is 520 g/mol. The summed E-state index contributed by atoms with van der Waals surface area (Å²) in [7, 11) is -20.3. The van der Waals surface area contributed by atoms with E-state index in [9.17, 15) is 57.4 Å². The summed E-state index contributed by atoms with van der Waals surface area (Å²) in [5, 5.41) is 0. The quantitative estimate of drug-likeness (QED) is 0.111. The van der Waals surface area contributed by atoms with Gasteiger partial charge in [0.15, 0.2) is 0 Å². The van der Waals surface area contributed by atoms with Crippen molar-refractivity contribution < 1.29 is 57.4 Å². The van der Waals surface area contributed by atoms with E-state index in [1.165, 1.54) is 0 Å². The van der Waals surface area contributed by atoms with E-state index in [1.807, 2.05) is 0 Å². The first-order chi connectivity index (χ1) is 12.4. The SMILES string of the molecule is O=P([O-])([O-])CN(CCCCCCN(CP(=O)([O-])[O-])CP(=O)([O-])[O-])CP(=O)([O-])[O-].[NH4+].[NH4+].[NH4+].[NH4+]. The van der Waals surface area contributed by atoms with Gasteiger partial charge in [0, 0.05) is 25.1 Å². The predicted molar refractivity (Wildman–Crippen MR) is 106 cm³/mol. The molecule has 16 N–H and O–H groups in total. The van der Waals surface area contributed by atoms with Gasteiger partial charge in [0.1, 0.15) is 0 Å². The summed E-state index contributed by atoms with van der Waals surface area (Å²) >= 11 is 0. The van der Waals surface area contributed by atoms with Crippen LogP contribution in [-0.4, -0.2) is 48.0 Å². The second-order valence-electron chi connectivity index (χ2n) is 6.21. The molecule has 0 saturated heterocycles. The molecule has 0 radical (unpaired) electrons. The largest absolute Gasteiger partial charge is 0.810 e. The van der Waals surface area contributed by atoms with Gasteiger partial charge in [0.25, 0.3) is 0 Å². The van der Waals surface area contributed by atoms with Gasteiger partial charge in [-0.1, -0.05) is 43.2 Å². The highest BCUT2D eigenvalue weighted by molar-refractivity contribution is 7.50. The van der Waals surface area contributed by atoms with Crippen LogP contribution < -0.4 is 63.7 Å². The van der Waals surface area contributed by atoms with E-state index in [1.54, 1.807) is 0 Å². The third-order valence-electron chi connectivity index (χ3n) is 3.19. The van der Waals surface area contributed by atoms with Gasteiger partial charge in [0.05, 0.1) is 0 Å². The van der Waals surface area contributed by atoms with Crippen LogP contribution >= 0.6 is 30.4 Å². The van der Waals surface area contributed by atoms with Crippen molar-refractivity contribution in [2.75, 3.05) is 38.2 Å². The lowest BCUT2D eigenvalue weighted by molar-refractivity contribution is -0.321. The van der Waals surface area contributed by atoms with Crippen LogP contribution in [0.15, 0.2) is 0 Å². The summed E-state index contributed by atoms with van der Waals surface area (Å²) in [4.78, 5) is 87.4. The molecule has 0 fully saturated rings. The first-order valence-electron chi connectivity index (χ1n) is 7.85. The molecule has 0 rings (SSSR count). The fourth-order valence-corrected chi connectivity index (χ4v) is 5.62. The smallest absolute Gasteiger partial charge is 0.0264 e. The van der Waals surface area contributed by atoms with Crippen LogP contribution in [0.1, 0.15) is 25.7 Å². The van der Waals surface area contributed by atoms with Crippen LogP contribution in [0.2, 0.25) is 0 Å². The van der Waals surface area contributed by atoms with Gasteiger partial charge in [-0.05, 0) is 25.9 Å². The number of hydrogen-bond acceptors (Lipinski definition) is 14. The Morgan fingerprint density at radius 2 is 0.594 bits per heavy atom. The fraction of sp³-hybridized carbons (Fsp3) is 1.00. The monoisotopic (exact) mass is 556 g/mol. The van der Waals surface area contributed by atoms with Crippen LogP contribution in [0, 0.1) is 0 Å². The Labute approximate surface area is 186 Å². The first kappa shape index (κ1) is 42.5. The number of hydrogen-bond donors (Lipinski definition) is 4. The normalized spacial score (nSPS) is 12.4. The minimum Gasteiger partial charge on any atom is -0.810 e. The standard InChI is InChI=1S/C10H28N2O12P4.4H3N/c13-25(14,15)7-11(8-26(16,17)18)5-3-1-2-4-6-12(9-27(19,20)21)10-28(22,23)24;;;;/h1-10H2,(H2,13,14,15)(H2,16,17,18)(H2,19,20,21)(H2,22,23,24);4*1H3/p-4. The van der Waals surface area contributed by atoms with Crippen LogP contribution in [0.5, 0.6) is 0 Å². The number of nitrogens with zero attached hydrogens (tertiary/aromatic N) is 2. The second-order valence-corrected chi connectivity index (χ2v) is 12.2. The minimum atomic E-state index is -5.07. The average molecular weight is 556 g/mol. The third-order valence-corrected chi connectivity index (χ3v) is 6.18. The van der Waals surface area contributed by atoms with Gasteiger partial charge in [-0.15, -0.1) is 0 Å². The Morgan fingerprint density at radius 1 is 0.406 bits per heavy atom. The molecule has 0 spiro atoms. The molecule has 0 aliphatic heterocycles. The van der Waals surface area contributed by atoms with Crippen LogP contribution in [0.4, 0.5) is 0 Å². The van der Waals surface area contributed by atoms with Crippen molar-refractivity contribution in [3.05, 3.63) is 0 Å². The molecule has 0 atom stereocenters. The van der Waals surface area contributed by atoms with Gasteiger partial charge < -0.3 is 82.0 Å². The molecule has 22 heteroatoms. The van der Waals surface area contributed by atoms with Gasteiger partial charge in [-0.25, -0.2) is 0 Å². The summed E-state index contributed by atoms with van der Waals surface area (Å²) in [6.45, 7) is -0.363. The van der Waals surface area contributed by atoms with E-state index in [-0.39, 0.29) is 50.5 Å². The maximum atomic E-state index is 10.7. The number of unbranched alkanes of at least 4 members (excludes halogenated alkanes) is 3. The highest BCUT2D eigenvalue weighted by atomic mass is 31.2. The summed E-state index contributed by atoms with van der Waals surface area (Å²) < 4.78 is 43.0. The molecule has 32 heavy (non-hydrogen) atoms. The van der Waals surface area contributed by atoms with E-state index in [2.05, 4.69) is 0 Å². The Kier molecular flexibility index (Phi) is 23.6. The van der Waals surface area contributed by atoms with Crippen molar-refractivity contribution in [3.8, 4) is 0 Å². The van der Waals surface area contributed by atoms with Gasteiger partial charge in [0.2, 0.25) is 0 Å². The highest BCUT2D eigenvalue weighted by Gasteiger charge is 2.10. The van der Waals surface area contributed by atoms with Crippen molar-refractivity contribution in [1.29, 1.82) is 0 Å². The minimum absolute atomic E-state index is 0. The lowest BCUT2D eigenvalue weighted by Crippen LogP contribution is -2.37. The lowest BCUT2D eigenvalue weighted by atomic mass is 10.2. The Morgan fingerprint density at radius 3 is 0.750 bits per heavy atom. The number of rotatable bonds is 15. The summed E-state index contributed by atoms with van der Waals surface area (Å²) in [6, 6.07) is 0. The molecule has 0 bridgehead atoms. The molecule has 0 amide bonds. The molecule has 0 heterocycles. The Hall–Kier alpha value is 0.360. The van der Waals surface area contributed by atoms with Gasteiger partial charge in [-0.3, -0.25) is 9.80 Å². The molecule has 0 saturated carbocycles. The molecule has 0 aromatic carbocycles. The zero-order chi connectivity index (χ0) is 22.2. The molecular formula is C10H36N6O12P4-4. The topological polar surface area (TPSA) is 405 Å². The summed E-state index contributed by atoms with van der Waals surface area (Å²) in [5.41, 5.74) is 0. The molecule has 0 aromatic heterocycles. The number of quaternary nitrogens is 4. The van der Waals surface area contributed by atoms with Crippen LogP contribution in [0.3, 0.4) is 0 Å². The molecule has 0 aromatic rings. The summed E-state index contributed by atoms with van der Waals surface area (Å²) in [6.07, 6.45) is -3.48. The first-order valence-corrected chi connectivity index (χ1v) is 14.8. The average Bonchev–Trinajstić information content (AvgIpc) is 2.34.